The van der Waals surface area contributed by atoms with Crippen LogP contribution in [0.2, 0.25) is 0 Å². The van der Waals surface area contributed by atoms with E-state index >= 15 is 0 Å². The lowest BCUT2D eigenvalue weighted by atomic mass is 10.1. The zero-order chi connectivity index (χ0) is 29.7. The lowest BCUT2D eigenvalue weighted by Gasteiger charge is -2.18. The van der Waals surface area contributed by atoms with Crippen LogP contribution in [0.15, 0.2) is 24.3 Å². The minimum absolute atomic E-state index is 0.197. The maximum absolute atomic E-state index is 12.3. The van der Waals surface area contributed by atoms with Crippen LogP contribution in [0.1, 0.15) is 142 Å². The quantitative estimate of drug-likeness (QED) is 0.0404. The summed E-state index contributed by atoms with van der Waals surface area (Å²) in [5, 5.41) is 0. The molecule has 0 spiro atoms. The van der Waals surface area contributed by atoms with Gasteiger partial charge in [0.15, 0.2) is 6.10 Å². The van der Waals surface area contributed by atoms with Gasteiger partial charge in [-0.3, -0.25) is 14.1 Å². The fraction of sp³-hybridized carbons (Fsp3) is 0.806. The number of carbonyl (C=O) groups excluding carboxylic acids is 2. The summed E-state index contributed by atoms with van der Waals surface area (Å²) in [6.45, 7) is 3.56. The van der Waals surface area contributed by atoms with Crippen molar-refractivity contribution in [2.24, 2.45) is 0 Å². The van der Waals surface area contributed by atoms with E-state index < -0.39 is 32.5 Å². The van der Waals surface area contributed by atoms with E-state index in [0.29, 0.717) is 6.42 Å². The number of carbonyl (C=O) groups is 2. The molecule has 234 valence electrons. The van der Waals surface area contributed by atoms with E-state index in [1.807, 2.05) is 0 Å². The lowest BCUT2D eigenvalue weighted by Crippen LogP contribution is -2.29. The predicted octanol–water partition coefficient (Wildman–Crippen LogP) is 8.50. The molecule has 0 aliphatic rings. The first-order valence-electron chi connectivity index (χ1n) is 15.6. The average molecular weight is 589 g/mol. The van der Waals surface area contributed by atoms with E-state index in [4.69, 9.17) is 19.3 Å². The van der Waals surface area contributed by atoms with E-state index in [2.05, 4.69) is 42.7 Å². The number of hydrogen-bond donors (Lipinski definition) is 2. The van der Waals surface area contributed by atoms with Gasteiger partial charge in [0, 0.05) is 12.8 Å². The van der Waals surface area contributed by atoms with Crippen LogP contribution < -0.4 is 0 Å². The highest BCUT2D eigenvalue weighted by atomic mass is 31.2. The third kappa shape index (κ3) is 29.5. The summed E-state index contributed by atoms with van der Waals surface area (Å²) in [5.41, 5.74) is 0. The maximum Gasteiger partial charge on any atom is 0.469 e. The molecule has 2 N–H and O–H groups in total. The molecule has 0 bridgehead atoms. The summed E-state index contributed by atoms with van der Waals surface area (Å²) in [5.74, 6) is -0.908. The van der Waals surface area contributed by atoms with E-state index in [9.17, 15) is 14.2 Å². The molecule has 0 aliphatic heterocycles. The summed E-state index contributed by atoms with van der Waals surface area (Å²) in [7, 11) is -4.74. The predicted molar refractivity (Wildman–Crippen MR) is 161 cm³/mol. The summed E-state index contributed by atoms with van der Waals surface area (Å²) in [4.78, 5) is 42.3. The number of phosphoric ester groups is 1. The van der Waals surface area contributed by atoms with Crippen molar-refractivity contribution < 1.29 is 37.9 Å². The SMILES string of the molecule is CCCC/C=C/C/C=C/CCCCCCCC(=O)O[C@H](COC(=O)CCCCCCCCCC)COP(=O)(O)O. The first-order valence-corrected chi connectivity index (χ1v) is 17.2. The minimum Gasteiger partial charge on any atom is -0.462 e. The van der Waals surface area contributed by atoms with Crippen molar-refractivity contribution in [1.29, 1.82) is 0 Å². The molecular weight excluding hydrogens is 531 g/mol. The first kappa shape index (κ1) is 38.5. The van der Waals surface area contributed by atoms with Crippen LogP contribution in [0.4, 0.5) is 0 Å². The Morgan fingerprint density at radius 1 is 0.650 bits per heavy atom. The summed E-state index contributed by atoms with van der Waals surface area (Å²) >= 11 is 0. The lowest BCUT2D eigenvalue weighted by molar-refractivity contribution is -0.161. The summed E-state index contributed by atoms with van der Waals surface area (Å²) < 4.78 is 26.1. The van der Waals surface area contributed by atoms with E-state index in [0.717, 1.165) is 64.2 Å². The Morgan fingerprint density at radius 3 is 1.73 bits per heavy atom. The van der Waals surface area contributed by atoms with Crippen LogP contribution >= 0.6 is 7.82 Å². The average Bonchev–Trinajstić information content (AvgIpc) is 2.91. The van der Waals surface area contributed by atoms with E-state index in [1.54, 1.807) is 0 Å². The monoisotopic (exact) mass is 588 g/mol. The van der Waals surface area contributed by atoms with Crippen LogP contribution in [-0.4, -0.2) is 41.0 Å². The molecule has 0 amide bonds. The summed E-state index contributed by atoms with van der Waals surface area (Å²) in [6.07, 6.45) is 27.7. The van der Waals surface area contributed by atoms with Crippen molar-refractivity contribution in [1.82, 2.24) is 0 Å². The van der Waals surface area contributed by atoms with Crippen molar-refractivity contribution in [2.45, 2.75) is 148 Å². The molecule has 1 atom stereocenters. The molecule has 0 aliphatic carbocycles. The number of esters is 2. The Bertz CT molecular complexity index is 716. The van der Waals surface area contributed by atoms with Gasteiger partial charge in [-0.25, -0.2) is 4.57 Å². The second-order valence-electron chi connectivity index (χ2n) is 10.4. The molecule has 0 heterocycles. The third-order valence-corrected chi connectivity index (χ3v) is 6.96. The fourth-order valence-corrected chi connectivity index (χ4v) is 4.45. The van der Waals surface area contributed by atoms with Crippen molar-refractivity contribution in [3.8, 4) is 0 Å². The zero-order valence-electron chi connectivity index (χ0n) is 25.2. The highest BCUT2D eigenvalue weighted by molar-refractivity contribution is 7.46. The highest BCUT2D eigenvalue weighted by Crippen LogP contribution is 2.35. The Balaban J connectivity index is 4.07. The van der Waals surface area contributed by atoms with Gasteiger partial charge in [-0.1, -0.05) is 115 Å². The number of allylic oxidation sites excluding steroid dienone is 4. The van der Waals surface area contributed by atoms with Crippen LogP contribution in [0, 0.1) is 0 Å². The van der Waals surface area contributed by atoms with Crippen LogP contribution in [0.5, 0.6) is 0 Å². The topological polar surface area (TPSA) is 119 Å². The van der Waals surface area contributed by atoms with Gasteiger partial charge in [-0.2, -0.15) is 0 Å². The molecule has 40 heavy (non-hydrogen) atoms. The molecule has 0 fully saturated rings. The van der Waals surface area contributed by atoms with Gasteiger partial charge in [0.2, 0.25) is 0 Å². The Morgan fingerprint density at radius 2 is 1.15 bits per heavy atom. The molecule has 0 rings (SSSR count). The fourth-order valence-electron chi connectivity index (χ4n) is 4.09. The van der Waals surface area contributed by atoms with Crippen LogP contribution in [0.25, 0.3) is 0 Å². The number of ether oxygens (including phenoxy) is 2. The Hall–Kier alpha value is -1.47. The zero-order valence-corrected chi connectivity index (χ0v) is 26.1. The van der Waals surface area contributed by atoms with Gasteiger partial charge in [0.25, 0.3) is 0 Å². The molecule has 0 saturated heterocycles. The molecule has 0 unspecified atom stereocenters. The standard InChI is InChI=1S/C31H57O8P/c1-3-5-7-9-11-13-14-15-16-17-18-20-22-24-26-31(33)39-29(28-38-40(34,35)36)27-37-30(32)25-23-21-19-12-10-8-6-4-2/h9,11,14-15,29H,3-8,10,12-13,16-28H2,1-2H3,(H2,34,35,36)/b11-9+,15-14+/t29-/m1/s1. The second-order valence-corrected chi connectivity index (χ2v) is 11.7. The maximum atomic E-state index is 12.3. The van der Waals surface area contributed by atoms with Gasteiger partial charge in [0.05, 0.1) is 6.61 Å². The Labute approximate surface area is 243 Å². The van der Waals surface area contributed by atoms with Crippen molar-refractivity contribution in [2.75, 3.05) is 13.2 Å². The van der Waals surface area contributed by atoms with Crippen LogP contribution in [-0.2, 0) is 28.2 Å². The smallest absolute Gasteiger partial charge is 0.462 e. The Kier molecular flexibility index (Phi) is 26.7. The van der Waals surface area contributed by atoms with Crippen LogP contribution in [0.3, 0.4) is 0 Å². The van der Waals surface area contributed by atoms with Gasteiger partial charge in [-0.05, 0) is 38.5 Å². The molecular formula is C31H57O8P. The second kappa shape index (κ2) is 27.7. The molecule has 0 radical (unpaired) electrons. The highest BCUT2D eigenvalue weighted by Gasteiger charge is 2.22. The number of unbranched alkanes of at least 4 members (excludes halogenated alkanes) is 14. The molecule has 0 aromatic rings. The van der Waals surface area contributed by atoms with Crippen molar-refractivity contribution >= 4 is 19.8 Å². The number of phosphoric acid groups is 1. The number of rotatable bonds is 28. The molecule has 0 aromatic heterocycles. The van der Waals surface area contributed by atoms with Gasteiger partial charge in [0.1, 0.15) is 6.61 Å². The van der Waals surface area contributed by atoms with Gasteiger partial charge >= 0.3 is 19.8 Å². The molecule has 8 nitrogen and oxygen atoms in total. The third-order valence-electron chi connectivity index (χ3n) is 6.47. The summed E-state index contributed by atoms with van der Waals surface area (Å²) in [6, 6.07) is 0. The largest absolute Gasteiger partial charge is 0.469 e. The van der Waals surface area contributed by atoms with E-state index in [-0.39, 0.29) is 19.4 Å². The normalized spacial score (nSPS) is 12.8. The van der Waals surface area contributed by atoms with E-state index in [1.165, 1.54) is 44.9 Å². The molecule has 0 aromatic carbocycles. The molecule has 9 heteroatoms. The van der Waals surface area contributed by atoms with Crippen molar-refractivity contribution in [3.63, 3.8) is 0 Å². The number of hydrogen-bond acceptors (Lipinski definition) is 6. The minimum atomic E-state index is -4.74. The molecule has 0 saturated carbocycles. The van der Waals surface area contributed by atoms with Gasteiger partial charge < -0.3 is 19.3 Å². The van der Waals surface area contributed by atoms with Gasteiger partial charge in [-0.15, -0.1) is 0 Å². The van der Waals surface area contributed by atoms with Crippen molar-refractivity contribution in [3.05, 3.63) is 24.3 Å². The first-order chi connectivity index (χ1) is 19.3.